The second-order valence-electron chi connectivity index (χ2n) is 0. The minimum atomic E-state index is 0. The maximum Gasteiger partial charge on any atom is 0.0823 e. The van der Waals surface area contributed by atoms with Crippen LogP contribution in [0.25, 0.3) is 0 Å². The molecule has 23 valence electrons. The molecular formula is CH6BCeO. The maximum absolute atomic E-state index is 6.08. The van der Waals surface area contributed by atoms with Crippen LogP contribution < -0.4 is 0 Å². The van der Waals surface area contributed by atoms with E-state index in [0.29, 0.717) is 0 Å². The van der Waals surface area contributed by atoms with Gasteiger partial charge in [0.05, 0.1) is 7.81 Å². The van der Waals surface area contributed by atoms with Gasteiger partial charge in [-0.2, -0.15) is 0 Å². The first kappa shape index (κ1) is 9.04. The Morgan fingerprint density at radius 3 is 2.00 bits per heavy atom. The molecule has 0 atom stereocenters. The predicted molar refractivity (Wildman–Crippen MR) is 16.6 cm³/mol. The molecule has 0 aliphatic heterocycles. The molecule has 0 bridgehead atoms. The first-order valence-electron chi connectivity index (χ1n) is 1.15. The molecule has 0 unspecified atom stereocenters. The van der Waals surface area contributed by atoms with Crippen LogP contribution in [0.1, 0.15) is 0 Å². The summed E-state index contributed by atoms with van der Waals surface area (Å²) in [5.41, 5.74) is 0. The fourth-order valence-electron chi connectivity index (χ4n) is 0. The van der Waals surface area contributed by atoms with E-state index in [0.717, 1.165) is 0 Å². The van der Waals surface area contributed by atoms with Crippen molar-refractivity contribution in [2.45, 2.75) is 6.82 Å². The Kier molecular flexibility index (Phi) is 58.6. The standard InChI is InChI=1S/CH4B.Ce.H2O/c1-2;;/h2H,1H3;;1H2/i2T;;. The van der Waals surface area contributed by atoms with Gasteiger partial charge in [0.2, 0.25) is 0 Å². The molecule has 0 rings (SSSR count). The fourth-order valence-corrected chi connectivity index (χ4v) is 0. The van der Waals surface area contributed by atoms with Crippen molar-refractivity contribution in [1.29, 1.82) is 1.34 Å². The summed E-state index contributed by atoms with van der Waals surface area (Å²) in [6.07, 6.45) is 0. The van der Waals surface area contributed by atoms with Crippen LogP contribution in [0.2, 0.25) is 6.82 Å². The summed E-state index contributed by atoms with van der Waals surface area (Å²) in [6.45, 7) is 1.67. The molecule has 0 saturated heterocycles. The summed E-state index contributed by atoms with van der Waals surface area (Å²) >= 11 is 0. The van der Waals surface area contributed by atoms with Crippen molar-refractivity contribution in [2.24, 2.45) is 0 Å². The van der Waals surface area contributed by atoms with E-state index in [-0.39, 0.29) is 47.2 Å². The monoisotopic (exact) mass is 187 g/mol. The Balaban J connectivity index is -0.0000000200. The Bertz CT molecular complexity index is 11.6. The largest absolute Gasteiger partial charge is 0.412 e. The SMILES string of the molecule is O.[3H][B]C.[Ce]. The van der Waals surface area contributed by atoms with Crippen LogP contribution in [0.5, 0.6) is 0 Å². The van der Waals surface area contributed by atoms with Gasteiger partial charge in [-0.1, -0.05) is 6.82 Å². The first-order chi connectivity index (χ1) is 1.41. The van der Waals surface area contributed by atoms with Gasteiger partial charge >= 0.3 is 0 Å². The normalized spacial score (nSPS) is 3.75. The molecule has 0 aromatic rings. The van der Waals surface area contributed by atoms with Crippen LogP contribution in [0.3, 0.4) is 0 Å². The van der Waals surface area contributed by atoms with E-state index in [4.69, 9.17) is 1.34 Å². The van der Waals surface area contributed by atoms with E-state index in [1.165, 1.54) is 7.81 Å². The molecule has 0 aromatic carbocycles. The molecule has 0 spiro atoms. The summed E-state index contributed by atoms with van der Waals surface area (Å²) < 4.78 is 6.08. The van der Waals surface area contributed by atoms with Crippen LogP contribution in [-0.2, 0) is 0 Å². The van der Waals surface area contributed by atoms with Crippen molar-refractivity contribution in [3.8, 4) is 0 Å². The molecule has 4 heavy (non-hydrogen) atoms. The molecule has 1 nitrogen and oxygen atoms in total. The van der Waals surface area contributed by atoms with Crippen LogP contribution in [0.4, 0.5) is 0 Å². The van der Waals surface area contributed by atoms with E-state index in [9.17, 15) is 0 Å². The molecule has 3 heteroatoms. The summed E-state index contributed by atoms with van der Waals surface area (Å²) in [5.74, 6) is 0. The van der Waals surface area contributed by atoms with E-state index in [1.54, 1.807) is 6.82 Å². The maximum atomic E-state index is 6.08. The molecule has 0 aliphatic carbocycles. The van der Waals surface area contributed by atoms with Crippen molar-refractivity contribution < 1.29 is 47.2 Å². The topological polar surface area (TPSA) is 31.5 Å². The smallest absolute Gasteiger partial charge is 0.0823 e. The van der Waals surface area contributed by atoms with Crippen molar-refractivity contribution >= 4 is 7.81 Å². The van der Waals surface area contributed by atoms with Gasteiger partial charge in [-0.25, -0.2) is 0 Å². The molecule has 0 aliphatic rings. The number of hydrogen-bond donors (Lipinski definition) is 0. The summed E-state index contributed by atoms with van der Waals surface area (Å²) in [6, 6.07) is 0. The average Bonchev–Trinajstić information content (AvgIpc) is 0.918. The van der Waals surface area contributed by atoms with Crippen molar-refractivity contribution in [2.75, 3.05) is 0 Å². The first-order valence-corrected chi connectivity index (χ1v) is 0.577. The fraction of sp³-hybridized carbons (Fsp3) is 1.00. The van der Waals surface area contributed by atoms with E-state index >= 15 is 0 Å². The average molecular weight is 187 g/mol. The van der Waals surface area contributed by atoms with Gasteiger partial charge in [-0.15, -0.1) is 0 Å². The van der Waals surface area contributed by atoms with Gasteiger partial charge in [-0.3, -0.25) is 0 Å². The van der Waals surface area contributed by atoms with Crippen molar-refractivity contribution in [1.82, 2.24) is 0 Å². The van der Waals surface area contributed by atoms with E-state index in [1.807, 2.05) is 0 Å². The molecular weight excluding hydrogens is 179 g/mol. The van der Waals surface area contributed by atoms with Gasteiger partial charge < -0.3 is 5.48 Å². The molecule has 0 heterocycles. The van der Waals surface area contributed by atoms with Gasteiger partial charge in [0, 0.05) is 41.7 Å². The molecule has 1 radical (unpaired) electrons. The van der Waals surface area contributed by atoms with Crippen LogP contribution in [0, 0.1) is 41.7 Å². The Labute approximate surface area is 62.6 Å². The second kappa shape index (κ2) is 25.9. The van der Waals surface area contributed by atoms with Gasteiger partial charge in [0.25, 0.3) is 0 Å². The Morgan fingerprint density at radius 1 is 2.00 bits per heavy atom. The second-order valence-corrected chi connectivity index (χ2v) is 0. The molecule has 0 saturated carbocycles. The molecule has 0 aromatic heterocycles. The predicted octanol–water partition coefficient (Wildman–Crippen LogP) is -0.889. The molecule has 2 N–H and O–H groups in total. The van der Waals surface area contributed by atoms with Gasteiger partial charge in [0.15, 0.2) is 0 Å². The summed E-state index contributed by atoms with van der Waals surface area (Å²) in [5, 5.41) is 0. The quantitative estimate of drug-likeness (QED) is 0.440. The number of hydrogen-bond acceptors (Lipinski definition) is 0. The van der Waals surface area contributed by atoms with E-state index in [2.05, 4.69) is 0 Å². The zero-order chi connectivity index (χ0) is 2.71. The zero-order valence-electron chi connectivity index (χ0n) is 3.58. The van der Waals surface area contributed by atoms with E-state index < -0.39 is 0 Å². The van der Waals surface area contributed by atoms with Crippen molar-refractivity contribution in [3.63, 3.8) is 0 Å². The van der Waals surface area contributed by atoms with Crippen LogP contribution in [0.15, 0.2) is 0 Å². The Morgan fingerprint density at radius 2 is 2.00 bits per heavy atom. The van der Waals surface area contributed by atoms with Gasteiger partial charge in [0.1, 0.15) is 0 Å². The minimum absolute atomic E-state index is 0. The summed E-state index contributed by atoms with van der Waals surface area (Å²) in [7, 11) is 1.25. The third-order valence-corrected chi connectivity index (χ3v) is 0. The zero-order valence-corrected chi connectivity index (χ0v) is 5.72. The van der Waals surface area contributed by atoms with Crippen LogP contribution >= 0.6 is 0 Å². The minimum Gasteiger partial charge on any atom is -0.412 e. The van der Waals surface area contributed by atoms with Gasteiger partial charge in [-0.05, 0) is 1.34 Å². The summed E-state index contributed by atoms with van der Waals surface area (Å²) in [4.78, 5) is 0. The number of rotatable bonds is 0. The third kappa shape index (κ3) is 9.99. The van der Waals surface area contributed by atoms with Crippen LogP contribution in [-0.4, -0.2) is 14.6 Å². The third-order valence-electron chi connectivity index (χ3n) is 0. The molecule has 0 amide bonds. The Hall–Kier alpha value is 1.40. The molecule has 0 fully saturated rings. The van der Waals surface area contributed by atoms with Crippen molar-refractivity contribution in [3.05, 3.63) is 0 Å².